The van der Waals surface area contributed by atoms with Gasteiger partial charge in [-0.05, 0) is 19.3 Å². The number of nitrogens with one attached hydrogen (secondary N) is 1. The second-order valence-electron chi connectivity index (χ2n) is 4.66. The smallest absolute Gasteiger partial charge is 0.251 e. The van der Waals surface area contributed by atoms with Gasteiger partial charge in [0.05, 0.1) is 0 Å². The van der Waals surface area contributed by atoms with Crippen LogP contribution in [0, 0.1) is 0 Å². The van der Waals surface area contributed by atoms with E-state index in [2.05, 4.69) is 10.3 Å². The Morgan fingerprint density at radius 3 is 2.71 bits per heavy atom. The van der Waals surface area contributed by atoms with E-state index in [-0.39, 0.29) is 17.5 Å². The van der Waals surface area contributed by atoms with E-state index in [1.807, 2.05) is 0 Å². The van der Waals surface area contributed by atoms with E-state index in [0.29, 0.717) is 37.8 Å². The van der Waals surface area contributed by atoms with Gasteiger partial charge in [-0.25, -0.2) is 0 Å². The van der Waals surface area contributed by atoms with Gasteiger partial charge in [-0.15, -0.1) is 0 Å². The lowest BCUT2D eigenvalue weighted by Crippen LogP contribution is -2.50. The van der Waals surface area contributed by atoms with Crippen LogP contribution in [-0.4, -0.2) is 46.8 Å². The number of aliphatic imine (C=N–C) groups is 1. The monoisotopic (exact) mass is 312 g/mol. The fraction of sp³-hybridized carbons (Fsp3) is 0.538. The van der Waals surface area contributed by atoms with Crippen molar-refractivity contribution in [2.45, 2.75) is 31.7 Å². The van der Waals surface area contributed by atoms with Crippen molar-refractivity contribution < 1.29 is 14.7 Å². The Balaban J connectivity index is 2.52. The summed E-state index contributed by atoms with van der Waals surface area (Å²) in [5.74, 6) is -1.14. The van der Waals surface area contributed by atoms with Crippen LogP contribution in [0.3, 0.4) is 0 Å². The maximum atomic E-state index is 12.0. The second-order valence-corrected chi connectivity index (χ2v) is 5.10. The highest BCUT2D eigenvalue weighted by Gasteiger charge is 2.20. The number of amides is 2. The van der Waals surface area contributed by atoms with Gasteiger partial charge in [0, 0.05) is 30.9 Å². The van der Waals surface area contributed by atoms with Crippen molar-refractivity contribution in [3.8, 4) is 0 Å². The number of aliphatic hydroxyl groups is 1. The number of hydrogen-bond donors (Lipinski definition) is 4. The Kier molecular flexibility index (Phi) is 7.13. The molecule has 6 N–H and O–H groups in total. The van der Waals surface area contributed by atoms with Gasteiger partial charge < -0.3 is 21.9 Å². The van der Waals surface area contributed by atoms with Crippen molar-refractivity contribution in [2.24, 2.45) is 16.5 Å². The van der Waals surface area contributed by atoms with E-state index in [1.54, 1.807) is 6.08 Å². The Morgan fingerprint density at radius 1 is 1.48 bits per heavy atom. The van der Waals surface area contributed by atoms with Crippen LogP contribution in [-0.2, 0) is 9.59 Å². The maximum absolute atomic E-state index is 12.0. The van der Waals surface area contributed by atoms with Crippen LogP contribution in [0.25, 0.3) is 0 Å². The van der Waals surface area contributed by atoms with E-state index in [1.165, 1.54) is 0 Å². The van der Waals surface area contributed by atoms with Crippen LogP contribution in [0.15, 0.2) is 16.6 Å². The van der Waals surface area contributed by atoms with Crippen molar-refractivity contribution in [1.82, 2.24) is 5.32 Å². The first-order valence-corrected chi connectivity index (χ1v) is 7.08. The summed E-state index contributed by atoms with van der Waals surface area (Å²) in [5, 5.41) is 11.1. The molecule has 0 spiro atoms. The van der Waals surface area contributed by atoms with Crippen LogP contribution in [0.1, 0.15) is 25.7 Å². The Bertz CT molecular complexity index is 488. The summed E-state index contributed by atoms with van der Waals surface area (Å²) >= 11 is 4.86. The van der Waals surface area contributed by atoms with Crippen LogP contribution >= 0.6 is 12.2 Å². The summed E-state index contributed by atoms with van der Waals surface area (Å²) in [6.07, 6.45) is 4.27. The van der Waals surface area contributed by atoms with Gasteiger partial charge in [-0.2, -0.15) is 0 Å². The zero-order chi connectivity index (χ0) is 15.8. The van der Waals surface area contributed by atoms with Gasteiger partial charge in [0.15, 0.2) is 0 Å². The number of carbonyl (C=O) groups is 2. The minimum Gasteiger partial charge on any atom is -0.396 e. The average Bonchev–Trinajstić information content (AvgIpc) is 2.47. The molecule has 8 heteroatoms. The molecule has 1 aliphatic carbocycles. The molecular formula is C13H20N4O3S. The average molecular weight is 312 g/mol. The number of allylic oxidation sites excluding steroid dienone is 1. The third-order valence-electron chi connectivity index (χ3n) is 3.04. The normalized spacial score (nSPS) is 18.0. The van der Waals surface area contributed by atoms with Gasteiger partial charge in [0.25, 0.3) is 5.91 Å². The van der Waals surface area contributed by atoms with E-state index in [0.717, 1.165) is 5.71 Å². The predicted octanol–water partition coefficient (Wildman–Crippen LogP) is -0.824. The molecule has 1 atom stereocenters. The molecule has 0 aliphatic heterocycles. The Hall–Kier alpha value is -1.64. The Labute approximate surface area is 128 Å². The lowest BCUT2D eigenvalue weighted by Gasteiger charge is -2.16. The fourth-order valence-electron chi connectivity index (χ4n) is 1.78. The summed E-state index contributed by atoms with van der Waals surface area (Å²) in [6, 6.07) is -1.16. The van der Waals surface area contributed by atoms with E-state index in [4.69, 9.17) is 28.8 Å². The van der Waals surface area contributed by atoms with Gasteiger partial charge in [0.1, 0.15) is 11.0 Å². The van der Waals surface area contributed by atoms with Crippen LogP contribution in [0.2, 0.25) is 0 Å². The molecule has 116 valence electrons. The highest BCUT2D eigenvalue weighted by Crippen LogP contribution is 2.16. The first-order chi connectivity index (χ1) is 9.95. The number of nitrogens with zero attached hydrogens (tertiary/aromatic N) is 1. The minimum absolute atomic E-state index is 0.0733. The highest BCUT2D eigenvalue weighted by atomic mass is 32.1. The van der Waals surface area contributed by atoms with Crippen molar-refractivity contribution in [1.29, 1.82) is 0 Å². The number of carbonyl (C=O) groups excluding carboxylic acids is 2. The summed E-state index contributed by atoms with van der Waals surface area (Å²) in [5.41, 5.74) is 12.1. The highest BCUT2D eigenvalue weighted by molar-refractivity contribution is 7.80. The molecule has 0 saturated heterocycles. The summed E-state index contributed by atoms with van der Waals surface area (Å²) in [4.78, 5) is 27.1. The van der Waals surface area contributed by atoms with Crippen LogP contribution < -0.4 is 16.8 Å². The molecule has 0 bridgehead atoms. The molecule has 1 unspecified atom stereocenters. The fourth-order valence-corrected chi connectivity index (χ4v) is 1.99. The van der Waals surface area contributed by atoms with E-state index in [9.17, 15) is 9.59 Å². The van der Waals surface area contributed by atoms with Gasteiger partial charge in [-0.3, -0.25) is 14.6 Å². The molecule has 2 amide bonds. The molecule has 0 fully saturated rings. The molecule has 0 aromatic carbocycles. The zero-order valence-corrected chi connectivity index (χ0v) is 12.5. The largest absolute Gasteiger partial charge is 0.396 e. The molecule has 0 radical (unpaired) electrons. The molecule has 1 rings (SSSR count). The number of rotatable bonds is 6. The molecular weight excluding hydrogens is 292 g/mol. The van der Waals surface area contributed by atoms with Crippen molar-refractivity contribution >= 4 is 34.7 Å². The minimum atomic E-state index is -1.16. The molecule has 1 aliphatic rings. The lowest BCUT2D eigenvalue weighted by atomic mass is 9.97. The van der Waals surface area contributed by atoms with Gasteiger partial charge in [-0.1, -0.05) is 18.3 Å². The predicted molar refractivity (Wildman–Crippen MR) is 83.8 cm³/mol. The van der Waals surface area contributed by atoms with Crippen LogP contribution in [0.4, 0.5) is 0 Å². The first kappa shape index (κ1) is 17.4. The number of hydrogen-bond acceptors (Lipinski definition) is 6. The topological polar surface area (TPSA) is 131 Å². The maximum Gasteiger partial charge on any atom is 0.251 e. The molecule has 0 aromatic rings. The molecule has 0 heterocycles. The molecule has 7 nitrogen and oxygen atoms in total. The number of thiocarbonyl (C=S) groups is 1. The quantitative estimate of drug-likeness (QED) is 0.376. The Morgan fingerprint density at radius 2 is 2.19 bits per heavy atom. The third-order valence-corrected chi connectivity index (χ3v) is 3.39. The van der Waals surface area contributed by atoms with Crippen LogP contribution in [0.5, 0.6) is 0 Å². The van der Waals surface area contributed by atoms with Crippen molar-refractivity contribution in [2.75, 3.05) is 13.2 Å². The molecule has 0 aromatic heterocycles. The van der Waals surface area contributed by atoms with Gasteiger partial charge >= 0.3 is 0 Å². The van der Waals surface area contributed by atoms with E-state index >= 15 is 0 Å². The standard InChI is InChI=1S/C13H20N4O3S/c14-10(11(15)19)13(21)17-12(20)8-2-4-9(5-3-8)16-6-1-7-18/h2,10,18H,1,3-7,14H2,(H2,15,19)(H,17,20,21). The number of aliphatic hydroxyl groups excluding tert-OH is 1. The lowest BCUT2D eigenvalue weighted by molar-refractivity contribution is -0.117. The zero-order valence-electron chi connectivity index (χ0n) is 11.7. The number of primary amides is 1. The number of nitrogens with two attached hydrogens (primary N) is 2. The third kappa shape index (κ3) is 5.70. The van der Waals surface area contributed by atoms with Crippen molar-refractivity contribution in [3.05, 3.63) is 11.6 Å². The molecule has 0 saturated carbocycles. The first-order valence-electron chi connectivity index (χ1n) is 6.68. The molecule has 21 heavy (non-hydrogen) atoms. The van der Waals surface area contributed by atoms with E-state index < -0.39 is 11.9 Å². The van der Waals surface area contributed by atoms with Crippen molar-refractivity contribution in [3.63, 3.8) is 0 Å². The summed E-state index contributed by atoms with van der Waals surface area (Å²) in [7, 11) is 0. The summed E-state index contributed by atoms with van der Waals surface area (Å²) in [6.45, 7) is 0.719. The summed E-state index contributed by atoms with van der Waals surface area (Å²) < 4.78 is 0. The van der Waals surface area contributed by atoms with Gasteiger partial charge in [0.2, 0.25) is 5.91 Å². The second kappa shape index (κ2) is 8.60. The SMILES string of the molecule is NC(=O)C(N)C(=S)NC(=O)C1=CCC(=NCCCO)CC1.